The lowest BCUT2D eigenvalue weighted by Gasteiger charge is -2.39. The zero-order valence-electron chi connectivity index (χ0n) is 17.1. The quantitative estimate of drug-likeness (QED) is 0.729. The molecule has 164 valence electrons. The van der Waals surface area contributed by atoms with E-state index in [0.29, 0.717) is 43.6 Å². The molecule has 0 bridgehead atoms. The molecule has 1 aliphatic heterocycles. The smallest absolute Gasteiger partial charge is 0.360 e. The fourth-order valence-electron chi connectivity index (χ4n) is 3.52. The van der Waals surface area contributed by atoms with Crippen LogP contribution in [0.5, 0.6) is 0 Å². The Labute approximate surface area is 173 Å². The number of aromatic nitrogens is 2. The van der Waals surface area contributed by atoms with Crippen LogP contribution in [-0.2, 0) is 11.0 Å². The molecule has 1 unspecified atom stereocenters. The van der Waals surface area contributed by atoms with Crippen LogP contribution < -0.4 is 10.2 Å². The van der Waals surface area contributed by atoms with E-state index in [0.717, 1.165) is 31.5 Å². The van der Waals surface area contributed by atoms with Crippen LogP contribution in [0.2, 0.25) is 0 Å². The van der Waals surface area contributed by atoms with Crippen LogP contribution in [0.25, 0.3) is 0 Å². The number of unbranched alkanes of at least 4 members (excludes halogenated alkanes) is 1. The molecule has 0 spiro atoms. The van der Waals surface area contributed by atoms with Crippen molar-refractivity contribution >= 4 is 17.5 Å². The summed E-state index contributed by atoms with van der Waals surface area (Å²) in [4.78, 5) is 20.9. The molecule has 3 heterocycles. The Morgan fingerprint density at radius 3 is 2.53 bits per heavy atom. The van der Waals surface area contributed by atoms with Gasteiger partial charge >= 0.3 is 6.18 Å². The van der Waals surface area contributed by atoms with E-state index in [2.05, 4.69) is 27.3 Å². The molecule has 3 rings (SSSR count). The molecular formula is C20H26F3N5O2. The first-order valence-corrected chi connectivity index (χ1v) is 10.0. The molecule has 0 radical (unpaired) electrons. The number of pyridine rings is 1. The average Bonchev–Trinajstić information content (AvgIpc) is 3.13. The normalized spacial score (nSPS) is 16.5. The lowest BCUT2D eigenvalue weighted by molar-refractivity contribution is -0.137. The van der Waals surface area contributed by atoms with Gasteiger partial charge in [-0.3, -0.25) is 9.69 Å². The van der Waals surface area contributed by atoms with Crippen LogP contribution in [0.1, 0.15) is 37.5 Å². The monoisotopic (exact) mass is 425 g/mol. The van der Waals surface area contributed by atoms with Crippen molar-refractivity contribution in [2.24, 2.45) is 0 Å². The zero-order valence-corrected chi connectivity index (χ0v) is 17.1. The summed E-state index contributed by atoms with van der Waals surface area (Å²) >= 11 is 0. The maximum absolute atomic E-state index is 12.8. The molecule has 1 atom stereocenters. The van der Waals surface area contributed by atoms with Gasteiger partial charge < -0.3 is 14.7 Å². The van der Waals surface area contributed by atoms with Gasteiger partial charge in [0.25, 0.3) is 0 Å². The van der Waals surface area contributed by atoms with Crippen molar-refractivity contribution in [1.29, 1.82) is 0 Å². The second kappa shape index (κ2) is 9.46. The van der Waals surface area contributed by atoms with E-state index < -0.39 is 11.7 Å². The SMILES string of the molecule is CCCCC(C(=O)Nc1cc(C)on1)N1CCN(c2ccc(C(F)(F)F)cn2)CC1. The van der Waals surface area contributed by atoms with Gasteiger partial charge in [0, 0.05) is 38.4 Å². The Kier molecular flexibility index (Phi) is 6.96. The molecule has 30 heavy (non-hydrogen) atoms. The lowest BCUT2D eigenvalue weighted by atomic mass is 10.1. The van der Waals surface area contributed by atoms with Crippen LogP contribution in [0.4, 0.5) is 24.8 Å². The molecule has 1 amide bonds. The Balaban J connectivity index is 1.61. The van der Waals surface area contributed by atoms with Crippen LogP contribution in [0.3, 0.4) is 0 Å². The Hall–Kier alpha value is -2.62. The number of carbonyl (C=O) groups excluding carboxylic acids is 1. The highest BCUT2D eigenvalue weighted by atomic mass is 19.4. The fraction of sp³-hybridized carbons (Fsp3) is 0.550. The predicted molar refractivity (Wildman–Crippen MR) is 106 cm³/mol. The summed E-state index contributed by atoms with van der Waals surface area (Å²) in [6, 6.07) is 3.81. The highest BCUT2D eigenvalue weighted by molar-refractivity contribution is 5.94. The molecule has 7 nitrogen and oxygen atoms in total. The average molecular weight is 425 g/mol. The van der Waals surface area contributed by atoms with Crippen molar-refractivity contribution in [2.45, 2.75) is 45.3 Å². The molecule has 1 saturated heterocycles. The number of carbonyl (C=O) groups is 1. The van der Waals surface area contributed by atoms with E-state index in [1.807, 2.05) is 4.90 Å². The molecule has 2 aromatic rings. The number of piperazine rings is 1. The van der Waals surface area contributed by atoms with Gasteiger partial charge in [-0.1, -0.05) is 24.9 Å². The minimum atomic E-state index is -4.40. The molecule has 1 N–H and O–H groups in total. The maximum atomic E-state index is 12.8. The van der Waals surface area contributed by atoms with E-state index in [1.54, 1.807) is 13.0 Å². The first-order chi connectivity index (χ1) is 14.3. The van der Waals surface area contributed by atoms with Crippen LogP contribution >= 0.6 is 0 Å². The number of hydrogen-bond acceptors (Lipinski definition) is 6. The van der Waals surface area contributed by atoms with Gasteiger partial charge in [0.05, 0.1) is 11.6 Å². The maximum Gasteiger partial charge on any atom is 0.417 e. The lowest BCUT2D eigenvalue weighted by Crippen LogP contribution is -2.54. The number of aryl methyl sites for hydroxylation is 1. The van der Waals surface area contributed by atoms with Gasteiger partial charge in [-0.15, -0.1) is 0 Å². The van der Waals surface area contributed by atoms with Gasteiger partial charge in [-0.05, 0) is 25.5 Å². The Bertz CT molecular complexity index is 830. The van der Waals surface area contributed by atoms with Crippen molar-refractivity contribution in [2.75, 3.05) is 36.4 Å². The summed E-state index contributed by atoms with van der Waals surface area (Å²) < 4.78 is 43.2. The summed E-state index contributed by atoms with van der Waals surface area (Å²) in [5, 5.41) is 6.63. The second-order valence-electron chi connectivity index (χ2n) is 7.40. The van der Waals surface area contributed by atoms with Crippen LogP contribution in [0, 0.1) is 6.92 Å². The number of hydrogen-bond donors (Lipinski definition) is 1. The first-order valence-electron chi connectivity index (χ1n) is 10.0. The highest BCUT2D eigenvalue weighted by Gasteiger charge is 2.32. The summed E-state index contributed by atoms with van der Waals surface area (Å²) in [6.45, 7) is 6.22. The first kappa shape index (κ1) is 22.1. The number of alkyl halides is 3. The molecule has 1 fully saturated rings. The Morgan fingerprint density at radius 2 is 2.00 bits per heavy atom. The number of halogens is 3. The fourth-order valence-corrected chi connectivity index (χ4v) is 3.52. The van der Waals surface area contributed by atoms with Gasteiger partial charge in [-0.25, -0.2) is 4.98 Å². The van der Waals surface area contributed by atoms with Gasteiger partial charge in [0.1, 0.15) is 11.6 Å². The zero-order chi connectivity index (χ0) is 21.7. The van der Waals surface area contributed by atoms with Crippen LogP contribution in [-0.4, -0.2) is 53.2 Å². The van der Waals surface area contributed by atoms with Crippen molar-refractivity contribution in [3.05, 3.63) is 35.7 Å². The second-order valence-corrected chi connectivity index (χ2v) is 7.40. The van der Waals surface area contributed by atoms with E-state index >= 15 is 0 Å². The molecular weight excluding hydrogens is 399 g/mol. The molecule has 0 aliphatic carbocycles. The number of rotatable bonds is 7. The van der Waals surface area contributed by atoms with Gasteiger partial charge in [0.2, 0.25) is 5.91 Å². The minimum absolute atomic E-state index is 0.127. The third kappa shape index (κ3) is 5.50. The molecule has 2 aromatic heterocycles. The summed E-state index contributed by atoms with van der Waals surface area (Å²) in [7, 11) is 0. The van der Waals surface area contributed by atoms with E-state index in [1.165, 1.54) is 6.07 Å². The minimum Gasteiger partial charge on any atom is -0.360 e. The van der Waals surface area contributed by atoms with Gasteiger partial charge in [-0.2, -0.15) is 13.2 Å². The summed E-state index contributed by atoms with van der Waals surface area (Å²) in [5.41, 5.74) is -0.760. The summed E-state index contributed by atoms with van der Waals surface area (Å²) in [6.07, 6.45) is -0.928. The standard InChI is InChI=1S/C20H26F3N5O2/c1-3-4-5-16(19(29)25-17-12-14(2)30-26-17)27-8-10-28(11-9-27)18-7-6-15(13-24-18)20(21,22)23/h6-7,12-13,16H,3-5,8-11H2,1-2H3,(H,25,26,29). The largest absolute Gasteiger partial charge is 0.417 e. The third-order valence-corrected chi connectivity index (χ3v) is 5.17. The highest BCUT2D eigenvalue weighted by Crippen LogP contribution is 2.29. The molecule has 0 aromatic carbocycles. The predicted octanol–water partition coefficient (Wildman–Crippen LogP) is 3.72. The number of nitrogens with one attached hydrogen (secondary N) is 1. The van der Waals surface area contributed by atoms with Crippen molar-refractivity contribution in [1.82, 2.24) is 15.0 Å². The Morgan fingerprint density at radius 1 is 1.27 bits per heavy atom. The number of amides is 1. The van der Waals surface area contributed by atoms with E-state index in [4.69, 9.17) is 4.52 Å². The van der Waals surface area contributed by atoms with E-state index in [-0.39, 0.29) is 11.9 Å². The molecule has 10 heteroatoms. The van der Waals surface area contributed by atoms with Crippen LogP contribution in [0.15, 0.2) is 28.9 Å². The van der Waals surface area contributed by atoms with Gasteiger partial charge in [0.15, 0.2) is 5.82 Å². The van der Waals surface area contributed by atoms with Crippen molar-refractivity contribution in [3.63, 3.8) is 0 Å². The molecule has 0 saturated carbocycles. The number of nitrogens with zero attached hydrogens (tertiary/aromatic N) is 4. The molecule has 1 aliphatic rings. The van der Waals surface area contributed by atoms with Crippen molar-refractivity contribution in [3.8, 4) is 0 Å². The van der Waals surface area contributed by atoms with E-state index in [9.17, 15) is 18.0 Å². The summed E-state index contributed by atoms with van der Waals surface area (Å²) in [5.74, 6) is 1.40. The third-order valence-electron chi connectivity index (χ3n) is 5.17. The number of anilines is 2. The van der Waals surface area contributed by atoms with Crippen molar-refractivity contribution < 1.29 is 22.5 Å². The topological polar surface area (TPSA) is 74.5 Å².